The number of fused-ring (bicyclic) bond motifs is 1. The third kappa shape index (κ3) is 7.09. The summed E-state index contributed by atoms with van der Waals surface area (Å²) in [4.78, 5) is 46.8. The highest BCUT2D eigenvalue weighted by molar-refractivity contribution is 6.35. The van der Waals surface area contributed by atoms with E-state index in [0.29, 0.717) is 48.0 Å². The van der Waals surface area contributed by atoms with E-state index < -0.39 is 5.97 Å². The van der Waals surface area contributed by atoms with Crippen LogP contribution in [0.5, 0.6) is 0 Å². The number of nitrogens with zero attached hydrogens (tertiary/aromatic N) is 3. The van der Waals surface area contributed by atoms with Gasteiger partial charge in [-0.2, -0.15) is 0 Å². The maximum absolute atomic E-state index is 13.8. The van der Waals surface area contributed by atoms with Crippen molar-refractivity contribution in [2.75, 3.05) is 6.54 Å². The number of carboxylic acid groups (broad SMARTS) is 1. The molecule has 1 saturated heterocycles. The fourth-order valence-electron chi connectivity index (χ4n) is 5.76. The van der Waals surface area contributed by atoms with Crippen LogP contribution in [0.15, 0.2) is 85.1 Å². The maximum Gasteiger partial charge on any atom is 0.303 e. The number of hydrogen-bond acceptors (Lipinski definition) is 4. The number of benzene rings is 3. The van der Waals surface area contributed by atoms with Gasteiger partial charge in [-0.25, -0.2) is 0 Å². The first-order chi connectivity index (χ1) is 20.3. The van der Waals surface area contributed by atoms with Crippen molar-refractivity contribution in [2.24, 2.45) is 0 Å². The number of para-hydroxylation sites is 1. The molecule has 1 aliphatic heterocycles. The Morgan fingerprint density at radius 1 is 0.929 bits per heavy atom. The van der Waals surface area contributed by atoms with Crippen molar-refractivity contribution in [3.05, 3.63) is 112 Å². The van der Waals surface area contributed by atoms with Crippen LogP contribution in [-0.4, -0.2) is 56.3 Å². The second-order valence-electron chi connectivity index (χ2n) is 10.6. The van der Waals surface area contributed by atoms with E-state index in [1.807, 2.05) is 65.6 Å². The lowest BCUT2D eigenvalue weighted by atomic mass is 9.90. The third-order valence-corrected chi connectivity index (χ3v) is 8.20. The quantitative estimate of drug-likeness (QED) is 0.231. The number of aromatic nitrogens is 1. The zero-order chi connectivity index (χ0) is 29.6. The standard InChI is InChI=1S/C33H31Cl2N3O4/c34-25-17-24(18-26(35)19-25)33(42)37-15-13-27(20-28(37)16-22-6-2-1-3-7-22)38(31(39)10-11-32(40)41)21-23-12-14-36-30-9-5-4-8-29(23)30/h1-9,12,14,17-19,27-28H,10-11,13,15-16,20-21H2,(H,40,41)/t27-,28+/m0/s1. The summed E-state index contributed by atoms with van der Waals surface area (Å²) in [6, 6.07) is 24.0. The third-order valence-electron chi connectivity index (χ3n) is 7.77. The maximum atomic E-state index is 13.8. The Bertz CT molecular complexity index is 1570. The molecule has 1 aromatic heterocycles. The second-order valence-corrected chi connectivity index (χ2v) is 11.5. The molecule has 2 atom stereocenters. The summed E-state index contributed by atoms with van der Waals surface area (Å²) in [5.41, 5.74) is 3.27. The summed E-state index contributed by atoms with van der Waals surface area (Å²) in [7, 11) is 0. The smallest absolute Gasteiger partial charge is 0.303 e. The number of aliphatic carboxylic acids is 1. The molecule has 7 nitrogen and oxygen atoms in total. The molecule has 5 rings (SSSR count). The zero-order valence-electron chi connectivity index (χ0n) is 23.0. The Hall–Kier alpha value is -3.94. The summed E-state index contributed by atoms with van der Waals surface area (Å²) in [5, 5.41) is 11.0. The van der Waals surface area contributed by atoms with Crippen molar-refractivity contribution in [3.63, 3.8) is 0 Å². The van der Waals surface area contributed by atoms with Crippen molar-refractivity contribution >= 4 is 51.9 Å². The lowest BCUT2D eigenvalue weighted by Gasteiger charge is -2.44. The van der Waals surface area contributed by atoms with Crippen LogP contribution >= 0.6 is 23.2 Å². The molecule has 0 radical (unpaired) electrons. The minimum atomic E-state index is -1.01. The molecule has 2 amide bonds. The monoisotopic (exact) mass is 603 g/mol. The SMILES string of the molecule is O=C(O)CCC(=O)N(Cc1ccnc2ccccc12)[C@H]1CCN(C(=O)c2cc(Cl)cc(Cl)c2)[C@H](Cc2ccccc2)C1. The average molecular weight is 605 g/mol. The Balaban J connectivity index is 1.46. The van der Waals surface area contributed by atoms with Crippen LogP contribution in [0, 0.1) is 0 Å². The molecule has 4 aromatic rings. The molecule has 0 unspecified atom stereocenters. The fourth-order valence-corrected chi connectivity index (χ4v) is 6.28. The van der Waals surface area contributed by atoms with E-state index in [1.54, 1.807) is 29.3 Å². The first-order valence-corrected chi connectivity index (χ1v) is 14.7. The van der Waals surface area contributed by atoms with Crippen molar-refractivity contribution in [2.45, 2.75) is 50.7 Å². The molecule has 42 heavy (non-hydrogen) atoms. The van der Waals surface area contributed by atoms with Gasteiger partial charge in [0.05, 0.1) is 11.9 Å². The number of pyridine rings is 1. The van der Waals surface area contributed by atoms with Crippen molar-refractivity contribution < 1.29 is 19.5 Å². The number of carbonyl (C=O) groups is 3. The van der Waals surface area contributed by atoms with Gasteiger partial charge in [0, 0.05) is 58.8 Å². The highest BCUT2D eigenvalue weighted by atomic mass is 35.5. The number of rotatable bonds is 9. The summed E-state index contributed by atoms with van der Waals surface area (Å²) >= 11 is 12.4. The lowest BCUT2D eigenvalue weighted by Crippen LogP contribution is -2.53. The zero-order valence-corrected chi connectivity index (χ0v) is 24.5. The van der Waals surface area contributed by atoms with Crippen LogP contribution in [0.1, 0.15) is 47.2 Å². The molecule has 1 aliphatic rings. The number of halogens is 2. The first-order valence-electron chi connectivity index (χ1n) is 13.9. The molecule has 216 valence electrons. The van der Waals surface area contributed by atoms with E-state index in [4.69, 9.17) is 23.2 Å². The number of piperidine rings is 1. The molecule has 1 fully saturated rings. The van der Waals surface area contributed by atoms with E-state index in [-0.39, 0.29) is 36.7 Å². The molecule has 0 saturated carbocycles. The minimum absolute atomic E-state index is 0.0954. The van der Waals surface area contributed by atoms with E-state index in [0.717, 1.165) is 22.0 Å². The summed E-state index contributed by atoms with van der Waals surface area (Å²) in [5.74, 6) is -1.40. The van der Waals surface area contributed by atoms with Crippen LogP contribution in [0.25, 0.3) is 10.9 Å². The summed E-state index contributed by atoms with van der Waals surface area (Å²) in [6.45, 7) is 0.743. The number of carbonyl (C=O) groups excluding carboxylic acids is 2. The van der Waals surface area contributed by atoms with Crippen molar-refractivity contribution in [1.29, 1.82) is 0 Å². The second kappa shape index (κ2) is 13.4. The van der Waals surface area contributed by atoms with Gasteiger partial charge < -0.3 is 14.9 Å². The Morgan fingerprint density at radius 3 is 2.38 bits per heavy atom. The van der Waals surface area contributed by atoms with Gasteiger partial charge in [0.2, 0.25) is 5.91 Å². The summed E-state index contributed by atoms with van der Waals surface area (Å²) < 4.78 is 0. The number of amides is 2. The van der Waals surface area contributed by atoms with Crippen molar-refractivity contribution in [1.82, 2.24) is 14.8 Å². The van der Waals surface area contributed by atoms with Gasteiger partial charge in [-0.3, -0.25) is 19.4 Å². The highest BCUT2D eigenvalue weighted by Crippen LogP contribution is 2.30. The molecule has 1 N–H and O–H groups in total. The predicted molar refractivity (Wildman–Crippen MR) is 164 cm³/mol. The highest BCUT2D eigenvalue weighted by Gasteiger charge is 2.36. The Labute approximate surface area is 254 Å². The molecule has 0 bridgehead atoms. The van der Waals surface area contributed by atoms with Crippen LogP contribution in [-0.2, 0) is 22.6 Å². The molecule has 3 aromatic carbocycles. The average Bonchev–Trinajstić information content (AvgIpc) is 2.98. The van der Waals surface area contributed by atoms with E-state index in [1.165, 1.54) is 0 Å². The van der Waals surface area contributed by atoms with E-state index >= 15 is 0 Å². The topological polar surface area (TPSA) is 90.8 Å². The molecule has 9 heteroatoms. The normalized spacial score (nSPS) is 16.8. The van der Waals surface area contributed by atoms with Crippen molar-refractivity contribution in [3.8, 4) is 0 Å². The van der Waals surface area contributed by atoms with Gasteiger partial charge in [0.1, 0.15) is 0 Å². The molecular weight excluding hydrogens is 573 g/mol. The Kier molecular flexibility index (Phi) is 9.40. The molecule has 2 heterocycles. The van der Waals surface area contributed by atoms with Crippen LogP contribution < -0.4 is 0 Å². The van der Waals surface area contributed by atoms with E-state index in [9.17, 15) is 19.5 Å². The number of likely N-dealkylation sites (tertiary alicyclic amines) is 1. The molecular formula is C33H31Cl2N3O4. The largest absolute Gasteiger partial charge is 0.481 e. The molecule has 0 aliphatic carbocycles. The van der Waals surface area contributed by atoms with Crippen LogP contribution in [0.3, 0.4) is 0 Å². The minimum Gasteiger partial charge on any atom is -0.481 e. The summed E-state index contributed by atoms with van der Waals surface area (Å²) in [6.07, 6.45) is 3.08. The van der Waals surface area contributed by atoms with Gasteiger partial charge >= 0.3 is 5.97 Å². The van der Waals surface area contributed by atoms with Gasteiger partial charge in [0.15, 0.2) is 0 Å². The number of hydrogen-bond donors (Lipinski definition) is 1. The molecule has 0 spiro atoms. The van der Waals surface area contributed by atoms with Gasteiger partial charge in [-0.1, -0.05) is 71.7 Å². The van der Waals surface area contributed by atoms with E-state index in [2.05, 4.69) is 4.98 Å². The fraction of sp³-hybridized carbons (Fsp3) is 0.273. The van der Waals surface area contributed by atoms with Gasteiger partial charge in [0.25, 0.3) is 5.91 Å². The van der Waals surface area contributed by atoms with Gasteiger partial charge in [-0.05, 0) is 60.7 Å². The number of carboxylic acids is 1. The Morgan fingerprint density at radius 2 is 1.64 bits per heavy atom. The van der Waals surface area contributed by atoms with Crippen LogP contribution in [0.2, 0.25) is 10.0 Å². The van der Waals surface area contributed by atoms with Gasteiger partial charge in [-0.15, -0.1) is 0 Å². The van der Waals surface area contributed by atoms with Crippen LogP contribution in [0.4, 0.5) is 0 Å². The lowest BCUT2D eigenvalue weighted by molar-refractivity contribution is -0.142. The predicted octanol–water partition coefficient (Wildman–Crippen LogP) is 6.65. The first kappa shape index (κ1) is 29.5.